The number of carbonyl (C=O) groups is 2. The summed E-state index contributed by atoms with van der Waals surface area (Å²) in [5.74, 6) is -1.29. The molecule has 0 saturated heterocycles. The minimum atomic E-state index is -3.88. The normalized spacial score (nSPS) is 11.4. The van der Waals surface area contributed by atoms with Gasteiger partial charge in [-0.15, -0.1) is 11.3 Å². The number of carbonyl (C=O) groups excluding carboxylic acids is 2. The minimum absolute atomic E-state index is 0.0162. The van der Waals surface area contributed by atoms with Crippen molar-refractivity contribution in [2.45, 2.75) is 4.90 Å². The largest absolute Gasteiger partial charge is 0.366 e. The maximum Gasteiger partial charge on any atom is 0.251 e. The minimum Gasteiger partial charge on any atom is -0.366 e. The van der Waals surface area contributed by atoms with Crippen molar-refractivity contribution in [3.8, 4) is 10.4 Å². The molecule has 156 valence electrons. The number of benzene rings is 2. The van der Waals surface area contributed by atoms with Crippen molar-refractivity contribution in [2.75, 3.05) is 18.9 Å². The molecule has 1 aromatic heterocycles. The van der Waals surface area contributed by atoms with E-state index in [2.05, 4.69) is 5.32 Å². The zero-order chi connectivity index (χ0) is 21.9. The summed E-state index contributed by atoms with van der Waals surface area (Å²) in [6.45, 7) is -0.443. The van der Waals surface area contributed by atoms with Crippen LogP contribution < -0.4 is 11.1 Å². The van der Waals surface area contributed by atoms with Gasteiger partial charge < -0.3 is 11.1 Å². The Morgan fingerprint density at radius 3 is 2.33 bits per heavy atom. The van der Waals surface area contributed by atoms with Gasteiger partial charge in [-0.25, -0.2) is 8.42 Å². The van der Waals surface area contributed by atoms with Crippen molar-refractivity contribution >= 4 is 49.8 Å². The van der Waals surface area contributed by atoms with E-state index in [-0.39, 0.29) is 15.5 Å². The first kappa shape index (κ1) is 22.0. The van der Waals surface area contributed by atoms with Crippen molar-refractivity contribution in [3.05, 3.63) is 71.2 Å². The average molecular weight is 464 g/mol. The standard InChI is InChI=1S/C20H18ClN3O4S2/c1-24(30(27,28)15-9-7-14(21)8-10-15)12-18(25)23-20-16(19(22)26)11-17(29-20)13-5-3-2-4-6-13/h2-11H,12H2,1H3,(H2,22,26)(H,23,25). The lowest BCUT2D eigenvalue weighted by molar-refractivity contribution is -0.116. The fourth-order valence-corrected chi connectivity index (χ4v) is 4.99. The van der Waals surface area contributed by atoms with Gasteiger partial charge in [0.05, 0.1) is 17.0 Å². The molecule has 7 nitrogen and oxygen atoms in total. The maximum atomic E-state index is 12.6. The predicted octanol–water partition coefficient (Wildman–Crippen LogP) is 3.43. The van der Waals surface area contributed by atoms with Gasteiger partial charge >= 0.3 is 0 Å². The number of sulfonamides is 1. The quantitative estimate of drug-likeness (QED) is 0.559. The molecule has 2 amide bonds. The number of amides is 2. The summed E-state index contributed by atoms with van der Waals surface area (Å²) in [5, 5.41) is 3.27. The molecule has 0 bridgehead atoms. The third kappa shape index (κ3) is 4.88. The fourth-order valence-electron chi connectivity index (χ4n) is 2.65. The van der Waals surface area contributed by atoms with E-state index in [9.17, 15) is 18.0 Å². The summed E-state index contributed by atoms with van der Waals surface area (Å²) in [6.07, 6.45) is 0. The Morgan fingerprint density at radius 1 is 1.10 bits per heavy atom. The summed E-state index contributed by atoms with van der Waals surface area (Å²) in [4.78, 5) is 25.1. The highest BCUT2D eigenvalue weighted by atomic mass is 35.5. The smallest absolute Gasteiger partial charge is 0.251 e. The van der Waals surface area contributed by atoms with Crippen LogP contribution in [0.1, 0.15) is 10.4 Å². The molecule has 1 heterocycles. The molecule has 3 N–H and O–H groups in total. The second-order valence-electron chi connectivity index (χ2n) is 6.35. The van der Waals surface area contributed by atoms with Gasteiger partial charge in [0, 0.05) is 16.9 Å². The second kappa shape index (κ2) is 8.97. The molecule has 0 radical (unpaired) electrons. The SMILES string of the molecule is CN(CC(=O)Nc1sc(-c2ccccc2)cc1C(N)=O)S(=O)(=O)c1ccc(Cl)cc1. The summed E-state index contributed by atoms with van der Waals surface area (Å²) >= 11 is 6.98. The molecule has 3 rings (SSSR count). The predicted molar refractivity (Wildman–Crippen MR) is 118 cm³/mol. The Bertz CT molecular complexity index is 1180. The highest BCUT2D eigenvalue weighted by Gasteiger charge is 2.24. The van der Waals surface area contributed by atoms with E-state index >= 15 is 0 Å². The molecular weight excluding hydrogens is 446 g/mol. The lowest BCUT2D eigenvalue weighted by Crippen LogP contribution is -2.35. The molecule has 0 spiro atoms. The molecule has 0 aliphatic rings. The molecule has 0 fully saturated rings. The summed E-state index contributed by atoms with van der Waals surface area (Å²) < 4.78 is 26.2. The van der Waals surface area contributed by atoms with Crippen molar-refractivity contribution in [1.29, 1.82) is 0 Å². The van der Waals surface area contributed by atoms with Gasteiger partial charge in [0.25, 0.3) is 5.91 Å². The first-order valence-corrected chi connectivity index (χ1v) is 11.3. The number of thiophene rings is 1. The van der Waals surface area contributed by atoms with E-state index in [4.69, 9.17) is 17.3 Å². The number of primary amides is 1. The molecule has 0 atom stereocenters. The van der Waals surface area contributed by atoms with Gasteiger partial charge in [-0.3, -0.25) is 9.59 Å². The van der Waals surface area contributed by atoms with Gasteiger partial charge in [0.2, 0.25) is 15.9 Å². The summed E-state index contributed by atoms with van der Waals surface area (Å²) in [5.41, 5.74) is 6.47. The van der Waals surface area contributed by atoms with Crippen LogP contribution in [0, 0.1) is 0 Å². The number of hydrogen-bond donors (Lipinski definition) is 2. The third-order valence-electron chi connectivity index (χ3n) is 4.20. The second-order valence-corrected chi connectivity index (χ2v) is 9.88. The van der Waals surface area contributed by atoms with Crippen molar-refractivity contribution in [3.63, 3.8) is 0 Å². The Hall–Kier alpha value is -2.72. The average Bonchev–Trinajstić information content (AvgIpc) is 3.13. The molecule has 3 aromatic rings. The first-order chi connectivity index (χ1) is 14.2. The van der Waals surface area contributed by atoms with Crippen LogP contribution in [0.3, 0.4) is 0 Å². The molecule has 0 aliphatic heterocycles. The first-order valence-electron chi connectivity index (χ1n) is 8.69. The van der Waals surface area contributed by atoms with Gasteiger partial charge in [-0.05, 0) is 35.9 Å². The van der Waals surface area contributed by atoms with Crippen LogP contribution >= 0.6 is 22.9 Å². The Balaban J connectivity index is 1.78. The summed E-state index contributed by atoms with van der Waals surface area (Å²) in [7, 11) is -2.59. The molecule has 0 saturated carbocycles. The molecule has 30 heavy (non-hydrogen) atoms. The highest BCUT2D eigenvalue weighted by molar-refractivity contribution is 7.89. The van der Waals surface area contributed by atoms with E-state index in [0.717, 1.165) is 14.7 Å². The van der Waals surface area contributed by atoms with Gasteiger partial charge in [0.1, 0.15) is 5.00 Å². The number of halogens is 1. The zero-order valence-electron chi connectivity index (χ0n) is 15.8. The van der Waals surface area contributed by atoms with E-state index in [1.165, 1.54) is 42.6 Å². The van der Waals surface area contributed by atoms with E-state index in [1.807, 2.05) is 30.3 Å². The Labute approximate surface area is 183 Å². The molecule has 2 aromatic carbocycles. The number of nitrogens with two attached hydrogens (primary N) is 1. The van der Waals surface area contributed by atoms with Crippen LogP contribution in [0.4, 0.5) is 5.00 Å². The molecular formula is C20H18ClN3O4S2. The molecule has 10 heteroatoms. The van der Waals surface area contributed by atoms with Crippen LogP contribution in [0.5, 0.6) is 0 Å². The maximum absolute atomic E-state index is 12.6. The molecule has 0 unspecified atom stereocenters. The van der Waals surface area contributed by atoms with Crippen molar-refractivity contribution < 1.29 is 18.0 Å². The summed E-state index contributed by atoms with van der Waals surface area (Å²) in [6, 6.07) is 16.6. The van der Waals surface area contributed by atoms with E-state index < -0.39 is 28.4 Å². The lowest BCUT2D eigenvalue weighted by Gasteiger charge is -2.16. The number of anilines is 1. The lowest BCUT2D eigenvalue weighted by atomic mass is 10.1. The van der Waals surface area contributed by atoms with E-state index in [1.54, 1.807) is 6.07 Å². The fraction of sp³-hybridized carbons (Fsp3) is 0.100. The number of nitrogens with one attached hydrogen (secondary N) is 1. The number of nitrogens with zero attached hydrogens (tertiary/aromatic N) is 1. The topological polar surface area (TPSA) is 110 Å². The van der Waals surface area contributed by atoms with Gasteiger partial charge in [-0.2, -0.15) is 4.31 Å². The van der Waals surface area contributed by atoms with Crippen LogP contribution in [0.15, 0.2) is 65.6 Å². The van der Waals surface area contributed by atoms with Crippen LogP contribution in [0.2, 0.25) is 5.02 Å². The van der Waals surface area contributed by atoms with E-state index in [0.29, 0.717) is 5.02 Å². The van der Waals surface area contributed by atoms with Gasteiger partial charge in [-0.1, -0.05) is 41.9 Å². The van der Waals surface area contributed by atoms with Crippen molar-refractivity contribution in [2.24, 2.45) is 5.73 Å². The number of rotatable bonds is 7. The van der Waals surface area contributed by atoms with Crippen LogP contribution in [-0.2, 0) is 14.8 Å². The zero-order valence-corrected chi connectivity index (χ0v) is 18.2. The van der Waals surface area contributed by atoms with Crippen LogP contribution in [0.25, 0.3) is 10.4 Å². The Morgan fingerprint density at radius 2 is 1.73 bits per heavy atom. The van der Waals surface area contributed by atoms with Crippen molar-refractivity contribution in [1.82, 2.24) is 4.31 Å². The highest BCUT2D eigenvalue weighted by Crippen LogP contribution is 2.35. The number of hydrogen-bond acceptors (Lipinski definition) is 5. The Kier molecular flexibility index (Phi) is 6.57. The van der Waals surface area contributed by atoms with Gasteiger partial charge in [0.15, 0.2) is 0 Å². The third-order valence-corrected chi connectivity index (χ3v) is 7.37. The monoisotopic (exact) mass is 463 g/mol. The van der Waals surface area contributed by atoms with Crippen LogP contribution in [-0.4, -0.2) is 38.1 Å². The molecule has 0 aliphatic carbocycles. The number of likely N-dealkylation sites (N-methyl/N-ethyl adjacent to an activating group) is 1.